The van der Waals surface area contributed by atoms with E-state index in [0.717, 1.165) is 34.1 Å². The Kier molecular flexibility index (Phi) is 4.76. The van der Waals surface area contributed by atoms with Gasteiger partial charge in [-0.1, -0.05) is 23.4 Å². The van der Waals surface area contributed by atoms with Gasteiger partial charge in [-0.15, -0.1) is 0 Å². The molecule has 28 heavy (non-hydrogen) atoms. The molecule has 0 saturated carbocycles. The zero-order valence-electron chi connectivity index (χ0n) is 15.9. The Balaban J connectivity index is 1.42. The van der Waals surface area contributed by atoms with E-state index < -0.39 is 0 Å². The third-order valence-corrected chi connectivity index (χ3v) is 4.23. The van der Waals surface area contributed by atoms with Crippen LogP contribution in [0.4, 0.5) is 6.01 Å². The van der Waals surface area contributed by atoms with E-state index in [1.54, 1.807) is 13.3 Å². The van der Waals surface area contributed by atoms with E-state index in [-0.39, 0.29) is 0 Å². The van der Waals surface area contributed by atoms with Gasteiger partial charge in [0.2, 0.25) is 5.82 Å². The quantitative estimate of drug-likeness (QED) is 0.550. The fourth-order valence-corrected chi connectivity index (χ4v) is 2.86. The number of nitrogens with zero attached hydrogens (tertiary/aromatic N) is 5. The second-order valence-corrected chi connectivity index (χ2v) is 6.37. The lowest BCUT2D eigenvalue weighted by atomic mass is 10.2. The van der Waals surface area contributed by atoms with Crippen molar-refractivity contribution < 1.29 is 9.26 Å². The van der Waals surface area contributed by atoms with Gasteiger partial charge in [0, 0.05) is 24.0 Å². The molecule has 0 unspecified atom stereocenters. The van der Waals surface area contributed by atoms with Crippen molar-refractivity contribution in [1.82, 2.24) is 24.9 Å². The van der Waals surface area contributed by atoms with Crippen LogP contribution in [0.5, 0.6) is 5.75 Å². The number of hydrogen-bond donors (Lipinski definition) is 1. The normalized spacial score (nSPS) is 10.8. The van der Waals surface area contributed by atoms with Gasteiger partial charge < -0.3 is 14.6 Å². The lowest BCUT2D eigenvalue weighted by Crippen LogP contribution is -2.04. The van der Waals surface area contributed by atoms with E-state index in [9.17, 15) is 0 Å². The summed E-state index contributed by atoms with van der Waals surface area (Å²) in [5, 5.41) is 11.6. The number of aromatic nitrogens is 5. The van der Waals surface area contributed by atoms with Crippen LogP contribution in [-0.2, 0) is 6.54 Å². The van der Waals surface area contributed by atoms with Crippen LogP contribution in [0.1, 0.15) is 17.0 Å². The average molecular weight is 376 g/mol. The van der Waals surface area contributed by atoms with Gasteiger partial charge in [-0.2, -0.15) is 10.1 Å². The van der Waals surface area contributed by atoms with Crippen molar-refractivity contribution in [2.75, 3.05) is 12.4 Å². The topological polar surface area (TPSA) is 90.9 Å². The van der Waals surface area contributed by atoms with Gasteiger partial charge in [0.05, 0.1) is 12.8 Å². The van der Waals surface area contributed by atoms with Crippen molar-refractivity contribution in [3.63, 3.8) is 0 Å². The Labute approximate surface area is 162 Å². The van der Waals surface area contributed by atoms with E-state index in [1.165, 1.54) is 0 Å². The Bertz CT molecular complexity index is 1080. The Morgan fingerprint density at radius 1 is 1.14 bits per heavy atom. The van der Waals surface area contributed by atoms with Gasteiger partial charge >= 0.3 is 6.01 Å². The number of aryl methyl sites for hydroxylation is 2. The summed E-state index contributed by atoms with van der Waals surface area (Å²) in [4.78, 5) is 8.86. The summed E-state index contributed by atoms with van der Waals surface area (Å²) in [5.41, 5.74) is 3.83. The first-order chi connectivity index (χ1) is 13.6. The largest absolute Gasteiger partial charge is 0.497 e. The van der Waals surface area contributed by atoms with E-state index in [2.05, 4.69) is 25.5 Å². The van der Waals surface area contributed by atoms with Crippen molar-refractivity contribution in [3.05, 3.63) is 65.6 Å². The van der Waals surface area contributed by atoms with Crippen LogP contribution in [0.25, 0.3) is 17.2 Å². The third-order valence-electron chi connectivity index (χ3n) is 4.23. The molecular weight excluding hydrogens is 356 g/mol. The predicted molar refractivity (Wildman–Crippen MR) is 104 cm³/mol. The molecule has 0 bridgehead atoms. The lowest BCUT2D eigenvalue weighted by Gasteiger charge is -2.05. The van der Waals surface area contributed by atoms with Gasteiger partial charge in [0.1, 0.15) is 5.75 Å². The molecule has 4 aromatic rings. The molecule has 0 atom stereocenters. The molecule has 3 heterocycles. The van der Waals surface area contributed by atoms with Crippen LogP contribution < -0.4 is 10.1 Å². The molecule has 142 valence electrons. The number of hydrogen-bond acceptors (Lipinski definition) is 7. The van der Waals surface area contributed by atoms with E-state index in [4.69, 9.17) is 9.26 Å². The highest BCUT2D eigenvalue weighted by Gasteiger charge is 2.10. The van der Waals surface area contributed by atoms with Gasteiger partial charge in [-0.25, -0.2) is 9.67 Å². The highest BCUT2D eigenvalue weighted by Crippen LogP contribution is 2.22. The second kappa shape index (κ2) is 7.51. The van der Waals surface area contributed by atoms with Gasteiger partial charge in [-0.05, 0) is 43.7 Å². The SMILES string of the molecule is COc1cccc(-c2noc(NCc3ccc(-n4nc(C)cc4C)nc3)n2)c1. The van der Waals surface area contributed by atoms with Crippen molar-refractivity contribution in [2.45, 2.75) is 20.4 Å². The maximum atomic E-state index is 5.28. The smallest absolute Gasteiger partial charge is 0.322 e. The maximum absolute atomic E-state index is 5.28. The highest BCUT2D eigenvalue weighted by molar-refractivity contribution is 5.57. The van der Waals surface area contributed by atoms with Crippen molar-refractivity contribution in [1.29, 1.82) is 0 Å². The Hall–Kier alpha value is -3.68. The molecule has 0 amide bonds. The number of benzene rings is 1. The van der Waals surface area contributed by atoms with Crippen molar-refractivity contribution in [3.8, 4) is 23.0 Å². The molecule has 0 aliphatic rings. The van der Waals surface area contributed by atoms with Crippen LogP contribution in [0, 0.1) is 13.8 Å². The molecule has 4 rings (SSSR count). The maximum Gasteiger partial charge on any atom is 0.322 e. The molecule has 0 aliphatic heterocycles. The summed E-state index contributed by atoms with van der Waals surface area (Å²) in [6, 6.07) is 13.8. The summed E-state index contributed by atoms with van der Waals surface area (Å²) in [5.74, 6) is 2.03. The van der Waals surface area contributed by atoms with Crippen LogP contribution in [0.2, 0.25) is 0 Å². The highest BCUT2D eigenvalue weighted by atomic mass is 16.5. The summed E-state index contributed by atoms with van der Waals surface area (Å²) >= 11 is 0. The van der Waals surface area contributed by atoms with Crippen LogP contribution in [-0.4, -0.2) is 32.0 Å². The molecule has 0 fully saturated rings. The monoisotopic (exact) mass is 376 g/mol. The summed E-state index contributed by atoms with van der Waals surface area (Å²) < 4.78 is 12.3. The van der Waals surface area contributed by atoms with Crippen LogP contribution >= 0.6 is 0 Å². The molecular formula is C20H20N6O2. The first-order valence-corrected chi connectivity index (χ1v) is 8.83. The van der Waals surface area contributed by atoms with E-state index >= 15 is 0 Å². The number of rotatable bonds is 6. The van der Waals surface area contributed by atoms with Gasteiger partial charge in [0.25, 0.3) is 0 Å². The number of pyridine rings is 1. The standard InChI is InChI=1S/C20H20N6O2/c1-13-9-14(2)26(24-13)18-8-7-15(11-21-18)12-22-20-23-19(25-28-20)16-5-4-6-17(10-16)27-3/h4-11H,12H2,1-3H3,(H,22,23,25). The molecule has 0 spiro atoms. The number of anilines is 1. The number of ether oxygens (including phenoxy) is 1. The fraction of sp³-hybridized carbons (Fsp3) is 0.200. The van der Waals surface area contributed by atoms with E-state index in [1.807, 2.05) is 61.0 Å². The molecule has 0 saturated heterocycles. The second-order valence-electron chi connectivity index (χ2n) is 6.37. The molecule has 3 aromatic heterocycles. The molecule has 8 heteroatoms. The first kappa shape index (κ1) is 17.7. The molecule has 1 aromatic carbocycles. The Morgan fingerprint density at radius 3 is 2.75 bits per heavy atom. The minimum atomic E-state index is 0.348. The molecule has 8 nitrogen and oxygen atoms in total. The zero-order chi connectivity index (χ0) is 19.5. The molecule has 0 radical (unpaired) electrons. The minimum Gasteiger partial charge on any atom is -0.497 e. The lowest BCUT2D eigenvalue weighted by molar-refractivity contribution is 0.414. The third kappa shape index (κ3) is 3.71. The average Bonchev–Trinajstić information content (AvgIpc) is 3.33. The summed E-state index contributed by atoms with van der Waals surface area (Å²) in [7, 11) is 1.62. The van der Waals surface area contributed by atoms with Gasteiger partial charge in [-0.3, -0.25) is 0 Å². The predicted octanol–water partition coefficient (Wildman–Crippen LogP) is 3.55. The first-order valence-electron chi connectivity index (χ1n) is 8.83. The molecule has 0 aliphatic carbocycles. The van der Waals surface area contributed by atoms with Crippen LogP contribution in [0.15, 0.2) is 53.2 Å². The van der Waals surface area contributed by atoms with Gasteiger partial charge in [0.15, 0.2) is 5.82 Å². The Morgan fingerprint density at radius 2 is 2.04 bits per heavy atom. The summed E-state index contributed by atoms with van der Waals surface area (Å²) in [6.07, 6.45) is 1.80. The number of nitrogens with one attached hydrogen (secondary N) is 1. The zero-order valence-corrected chi connectivity index (χ0v) is 15.9. The van der Waals surface area contributed by atoms with Crippen LogP contribution in [0.3, 0.4) is 0 Å². The summed E-state index contributed by atoms with van der Waals surface area (Å²) in [6.45, 7) is 4.49. The van der Waals surface area contributed by atoms with Crippen molar-refractivity contribution >= 4 is 6.01 Å². The fourth-order valence-electron chi connectivity index (χ4n) is 2.86. The number of methoxy groups -OCH3 is 1. The molecule has 1 N–H and O–H groups in total. The van der Waals surface area contributed by atoms with Crippen molar-refractivity contribution in [2.24, 2.45) is 0 Å². The minimum absolute atomic E-state index is 0.348. The van der Waals surface area contributed by atoms with E-state index in [0.29, 0.717) is 18.4 Å².